The summed E-state index contributed by atoms with van der Waals surface area (Å²) in [5.74, 6) is 2.69. The van der Waals surface area contributed by atoms with Crippen LogP contribution >= 0.6 is 0 Å². The van der Waals surface area contributed by atoms with Gasteiger partial charge in [-0.3, -0.25) is 0 Å². The monoisotopic (exact) mass is 345 g/mol. The van der Waals surface area contributed by atoms with Crippen molar-refractivity contribution in [2.24, 2.45) is 11.8 Å². The molecule has 0 nitrogen and oxygen atoms in total. The van der Waals surface area contributed by atoms with Crippen LogP contribution in [-0.4, -0.2) is 8.80 Å². The standard InChI is InChI=1S/C22H34FSi/c1-2-3-18-4-6-19(7-5-18)12-15-24-16-13-21(14-17-24)20-8-10-22(23)11-9-20/h8-11,18-19,21H,2-7,12-17H2,1H3. The third kappa shape index (κ3) is 5.18. The van der Waals surface area contributed by atoms with E-state index in [9.17, 15) is 4.39 Å². The Morgan fingerprint density at radius 2 is 1.46 bits per heavy atom. The van der Waals surface area contributed by atoms with Crippen LogP contribution in [0.3, 0.4) is 0 Å². The van der Waals surface area contributed by atoms with Crippen molar-refractivity contribution in [3.8, 4) is 0 Å². The van der Waals surface area contributed by atoms with Gasteiger partial charge < -0.3 is 0 Å². The molecule has 3 rings (SSSR count). The molecular formula is C22H34FSi. The minimum Gasteiger partial charge on any atom is -0.207 e. The highest BCUT2D eigenvalue weighted by Gasteiger charge is 2.26. The molecule has 24 heavy (non-hydrogen) atoms. The molecule has 0 spiro atoms. The first-order chi connectivity index (χ1) is 11.7. The zero-order chi connectivity index (χ0) is 16.8. The quantitative estimate of drug-likeness (QED) is 0.478. The van der Waals surface area contributed by atoms with Crippen molar-refractivity contribution in [2.45, 2.75) is 88.8 Å². The topological polar surface area (TPSA) is 0 Å². The van der Waals surface area contributed by atoms with Crippen LogP contribution in [0.5, 0.6) is 0 Å². The Labute approximate surface area is 149 Å². The van der Waals surface area contributed by atoms with Crippen molar-refractivity contribution in [3.63, 3.8) is 0 Å². The van der Waals surface area contributed by atoms with Crippen LogP contribution in [0.1, 0.15) is 76.2 Å². The van der Waals surface area contributed by atoms with Crippen molar-refractivity contribution < 1.29 is 4.39 Å². The predicted octanol–water partition coefficient (Wildman–Crippen LogP) is 7.19. The molecule has 0 aromatic heterocycles. The molecule has 1 aliphatic heterocycles. The number of rotatable bonds is 6. The summed E-state index contributed by atoms with van der Waals surface area (Å²) in [5.41, 5.74) is 1.37. The van der Waals surface area contributed by atoms with Crippen LogP contribution in [-0.2, 0) is 0 Å². The molecule has 1 aliphatic carbocycles. The van der Waals surface area contributed by atoms with Crippen LogP contribution in [0.4, 0.5) is 4.39 Å². The van der Waals surface area contributed by atoms with Gasteiger partial charge in [0.1, 0.15) is 5.82 Å². The number of hydrogen-bond acceptors (Lipinski definition) is 0. The van der Waals surface area contributed by atoms with Gasteiger partial charge in [-0.15, -0.1) is 0 Å². The predicted molar refractivity (Wildman–Crippen MR) is 104 cm³/mol. The molecule has 0 atom stereocenters. The lowest BCUT2D eigenvalue weighted by Crippen LogP contribution is -2.22. The molecule has 0 amide bonds. The van der Waals surface area contributed by atoms with E-state index in [1.54, 1.807) is 18.2 Å². The zero-order valence-electron chi connectivity index (χ0n) is 15.4. The maximum atomic E-state index is 13.1. The molecule has 1 heterocycles. The fraction of sp³-hybridized carbons (Fsp3) is 0.727. The van der Waals surface area contributed by atoms with Gasteiger partial charge in [-0.05, 0) is 48.3 Å². The highest BCUT2D eigenvalue weighted by Crippen LogP contribution is 2.38. The SMILES string of the molecule is CCCC1CCC(CC[Si]2CCC(c3ccc(F)cc3)CC2)CC1. The maximum Gasteiger partial charge on any atom is 0.123 e. The average Bonchev–Trinajstić information content (AvgIpc) is 2.63. The van der Waals surface area contributed by atoms with Crippen molar-refractivity contribution in [1.82, 2.24) is 0 Å². The minimum atomic E-state index is -0.104. The molecule has 0 bridgehead atoms. The van der Waals surface area contributed by atoms with Crippen LogP contribution < -0.4 is 0 Å². The van der Waals surface area contributed by atoms with Gasteiger partial charge in [0, 0.05) is 8.80 Å². The van der Waals surface area contributed by atoms with E-state index in [1.807, 2.05) is 12.1 Å². The van der Waals surface area contributed by atoms with Crippen LogP contribution in [0.15, 0.2) is 24.3 Å². The van der Waals surface area contributed by atoms with Crippen LogP contribution in [0, 0.1) is 17.7 Å². The van der Waals surface area contributed by atoms with Crippen molar-refractivity contribution in [1.29, 1.82) is 0 Å². The maximum absolute atomic E-state index is 13.1. The molecule has 133 valence electrons. The summed E-state index contributed by atoms with van der Waals surface area (Å²) in [6.07, 6.45) is 13.1. The second kappa shape index (κ2) is 9.17. The number of benzene rings is 1. The second-order valence-electron chi connectivity index (χ2n) is 8.29. The van der Waals surface area contributed by atoms with Gasteiger partial charge in [0.15, 0.2) is 0 Å². The van der Waals surface area contributed by atoms with Crippen molar-refractivity contribution in [2.75, 3.05) is 0 Å². The normalized spacial score (nSPS) is 26.6. The Morgan fingerprint density at radius 1 is 0.875 bits per heavy atom. The summed E-state index contributed by atoms with van der Waals surface area (Å²) in [6, 6.07) is 11.8. The lowest BCUT2D eigenvalue weighted by atomic mass is 9.79. The van der Waals surface area contributed by atoms with E-state index in [0.717, 1.165) is 11.8 Å². The van der Waals surface area contributed by atoms with E-state index in [4.69, 9.17) is 0 Å². The van der Waals surface area contributed by atoms with Gasteiger partial charge in [-0.2, -0.15) is 0 Å². The Kier molecular flexibility index (Phi) is 6.94. The summed E-state index contributed by atoms with van der Waals surface area (Å²) < 4.78 is 13.1. The lowest BCUT2D eigenvalue weighted by Gasteiger charge is -2.31. The Morgan fingerprint density at radius 3 is 2.04 bits per heavy atom. The Bertz CT molecular complexity index is 467. The molecule has 0 unspecified atom stereocenters. The third-order valence-corrected chi connectivity index (χ3v) is 9.59. The number of hydrogen-bond donors (Lipinski definition) is 0. The third-order valence-electron chi connectivity index (χ3n) is 6.60. The fourth-order valence-corrected chi connectivity index (χ4v) is 8.05. The van der Waals surface area contributed by atoms with E-state index >= 15 is 0 Å². The molecule has 1 saturated carbocycles. The summed E-state index contributed by atoms with van der Waals surface area (Å²) in [6.45, 7) is 2.33. The molecule has 1 aromatic carbocycles. The first kappa shape index (κ1) is 18.2. The largest absolute Gasteiger partial charge is 0.207 e. The van der Waals surface area contributed by atoms with E-state index in [2.05, 4.69) is 6.92 Å². The van der Waals surface area contributed by atoms with Gasteiger partial charge in [-0.25, -0.2) is 4.39 Å². The highest BCUT2D eigenvalue weighted by atomic mass is 28.3. The Balaban J connectivity index is 1.35. The molecule has 1 radical (unpaired) electrons. The van der Waals surface area contributed by atoms with E-state index < -0.39 is 0 Å². The summed E-state index contributed by atoms with van der Waals surface area (Å²) in [5, 5.41) is 0. The fourth-order valence-electron chi connectivity index (χ4n) is 4.97. The molecule has 2 aliphatic rings. The average molecular weight is 346 g/mol. The first-order valence-electron chi connectivity index (χ1n) is 10.3. The summed E-state index contributed by atoms with van der Waals surface area (Å²) in [4.78, 5) is 0. The van der Waals surface area contributed by atoms with E-state index in [-0.39, 0.29) is 14.6 Å². The van der Waals surface area contributed by atoms with Crippen molar-refractivity contribution in [3.05, 3.63) is 35.6 Å². The van der Waals surface area contributed by atoms with Gasteiger partial charge >= 0.3 is 0 Å². The van der Waals surface area contributed by atoms with E-state index in [1.165, 1.54) is 75.4 Å². The van der Waals surface area contributed by atoms with Crippen molar-refractivity contribution >= 4 is 8.80 Å². The van der Waals surface area contributed by atoms with Gasteiger partial charge in [0.2, 0.25) is 0 Å². The van der Waals surface area contributed by atoms with E-state index in [0.29, 0.717) is 5.92 Å². The first-order valence-corrected chi connectivity index (χ1v) is 12.5. The second-order valence-corrected chi connectivity index (χ2v) is 11.3. The highest BCUT2D eigenvalue weighted by molar-refractivity contribution is 6.59. The van der Waals surface area contributed by atoms with Crippen LogP contribution in [0.25, 0.3) is 0 Å². The van der Waals surface area contributed by atoms with Gasteiger partial charge in [-0.1, -0.05) is 82.1 Å². The molecule has 1 saturated heterocycles. The zero-order valence-corrected chi connectivity index (χ0v) is 16.4. The lowest BCUT2D eigenvalue weighted by molar-refractivity contribution is 0.257. The molecule has 1 aromatic rings. The summed E-state index contributed by atoms with van der Waals surface area (Å²) >= 11 is 0. The van der Waals surface area contributed by atoms with Gasteiger partial charge in [0.25, 0.3) is 0 Å². The van der Waals surface area contributed by atoms with Gasteiger partial charge in [0.05, 0.1) is 0 Å². The molecular weight excluding hydrogens is 311 g/mol. The number of halogens is 1. The van der Waals surface area contributed by atoms with Crippen LogP contribution in [0.2, 0.25) is 18.1 Å². The smallest absolute Gasteiger partial charge is 0.123 e. The molecule has 2 heteroatoms. The Hall–Kier alpha value is -0.633. The minimum absolute atomic E-state index is 0.0919. The molecule has 0 N–H and O–H groups in total. The molecule has 2 fully saturated rings. The summed E-state index contributed by atoms with van der Waals surface area (Å²) in [7, 11) is -0.0919.